The molecular weight excluding hydrogens is 596 g/mol. The Labute approximate surface area is 265 Å². The van der Waals surface area contributed by atoms with Crippen molar-refractivity contribution in [3.05, 3.63) is 95.1 Å². The first-order valence-corrected chi connectivity index (χ1v) is 15.6. The number of carbonyl (C=O) groups is 2. The molecule has 5 rings (SSSR count). The number of hydroxylamine groups is 1. The summed E-state index contributed by atoms with van der Waals surface area (Å²) < 4.78 is 14.7. The third-order valence-corrected chi connectivity index (χ3v) is 8.58. The number of rotatable bonds is 13. The van der Waals surface area contributed by atoms with Gasteiger partial charge in [0.25, 0.3) is 0 Å². The lowest BCUT2D eigenvalue weighted by molar-refractivity contribution is -0.245. The van der Waals surface area contributed by atoms with Crippen molar-refractivity contribution in [3.8, 4) is 11.1 Å². The van der Waals surface area contributed by atoms with Gasteiger partial charge >= 0.3 is 0 Å². The second kappa shape index (κ2) is 15.7. The molecule has 2 amide bonds. The minimum Gasteiger partial charge on any atom is -0.392 e. The van der Waals surface area contributed by atoms with Crippen LogP contribution in [0.2, 0.25) is 0 Å². The van der Waals surface area contributed by atoms with Gasteiger partial charge in [0, 0.05) is 44.2 Å². The summed E-state index contributed by atoms with van der Waals surface area (Å²) in [6, 6.07) is 23.8. The summed E-state index contributed by atoms with van der Waals surface area (Å²) in [4.78, 5) is 23.4. The van der Waals surface area contributed by atoms with Crippen molar-refractivity contribution in [1.82, 2.24) is 31.0 Å². The van der Waals surface area contributed by atoms with E-state index in [2.05, 4.69) is 26.9 Å². The van der Waals surface area contributed by atoms with Gasteiger partial charge in [0.05, 0.1) is 18.8 Å². The van der Waals surface area contributed by atoms with Crippen molar-refractivity contribution in [1.29, 1.82) is 0 Å². The van der Waals surface area contributed by atoms with Crippen LogP contribution in [0.25, 0.3) is 11.1 Å². The third-order valence-electron chi connectivity index (χ3n) is 7.44. The van der Waals surface area contributed by atoms with Crippen LogP contribution in [0.5, 0.6) is 0 Å². The number of amides is 2. The predicted molar refractivity (Wildman–Crippen MR) is 165 cm³/mol. The van der Waals surface area contributed by atoms with Gasteiger partial charge in [-0.1, -0.05) is 72.4 Å². The Balaban J connectivity index is 1.29. The first kappa shape index (κ1) is 32.3. The molecule has 0 radical (unpaired) electrons. The van der Waals surface area contributed by atoms with Crippen molar-refractivity contribution in [2.75, 3.05) is 5.75 Å². The maximum Gasteiger partial charge on any atom is 0.243 e. The highest BCUT2D eigenvalue weighted by Gasteiger charge is 2.32. The van der Waals surface area contributed by atoms with Crippen LogP contribution in [0, 0.1) is 0 Å². The molecule has 0 spiro atoms. The molecule has 1 saturated heterocycles. The molecule has 1 fully saturated rings. The number of aliphatic hydroxyl groups is 1. The molecule has 3 atom stereocenters. The van der Waals surface area contributed by atoms with Crippen molar-refractivity contribution in [2.24, 2.45) is 7.05 Å². The number of nitrogens with one attached hydrogen (secondary N) is 2. The monoisotopic (exact) mass is 632 g/mol. The average Bonchev–Trinajstić information content (AvgIpc) is 3.50. The number of hydrogen-bond donors (Lipinski definition) is 4. The van der Waals surface area contributed by atoms with E-state index < -0.39 is 12.2 Å². The van der Waals surface area contributed by atoms with E-state index in [0.29, 0.717) is 30.3 Å². The van der Waals surface area contributed by atoms with E-state index >= 15 is 0 Å². The molecule has 3 aromatic carbocycles. The van der Waals surface area contributed by atoms with E-state index in [1.165, 1.54) is 11.8 Å². The number of nitrogens with zero attached hydrogens (tertiary/aromatic N) is 4. The Morgan fingerprint density at radius 3 is 2.44 bits per heavy atom. The first-order valence-electron chi connectivity index (χ1n) is 14.7. The zero-order chi connectivity index (χ0) is 31.6. The van der Waals surface area contributed by atoms with Gasteiger partial charge in [0.15, 0.2) is 6.29 Å². The lowest BCUT2D eigenvalue weighted by Crippen LogP contribution is -2.31. The molecule has 4 N–H and O–H groups in total. The summed E-state index contributed by atoms with van der Waals surface area (Å²) in [6.45, 7) is 0.332. The van der Waals surface area contributed by atoms with Crippen molar-refractivity contribution < 1.29 is 29.4 Å². The standard InChI is InChI=1S/C32H36N6O6S/c1-38-32(34-36-37-38)45-20-27-17-28(23-13-11-21(19-39)12-14-23)44-31(43-27)26-8-3-7-25(16-26)24-6-2-5-22(15-24)18-33-29(40)9-4-10-30(41)35-42/h2-3,5-8,11-16,27-28,31,39,42H,4,9-10,17-20H2,1H3,(H,33,40)(H,35,41)/t27-,28+,31+/m0/s1. The number of hydrogen-bond acceptors (Lipinski definition) is 10. The second-order valence-corrected chi connectivity index (χ2v) is 11.7. The zero-order valence-electron chi connectivity index (χ0n) is 24.8. The number of tetrazole rings is 1. The molecule has 236 valence electrons. The summed E-state index contributed by atoms with van der Waals surface area (Å²) in [5.41, 5.74) is 7.20. The number of ether oxygens (including phenoxy) is 2. The number of carbonyl (C=O) groups excluding carboxylic acids is 2. The highest BCUT2D eigenvalue weighted by molar-refractivity contribution is 7.99. The summed E-state index contributed by atoms with van der Waals surface area (Å²) in [7, 11) is 1.80. The Bertz CT molecular complexity index is 1580. The molecule has 45 heavy (non-hydrogen) atoms. The Morgan fingerprint density at radius 1 is 0.956 bits per heavy atom. The smallest absolute Gasteiger partial charge is 0.243 e. The van der Waals surface area contributed by atoms with E-state index in [4.69, 9.17) is 14.7 Å². The first-order chi connectivity index (χ1) is 21.9. The minimum absolute atomic E-state index is 0.0194. The van der Waals surface area contributed by atoms with Crippen LogP contribution in [-0.2, 0) is 39.3 Å². The van der Waals surface area contributed by atoms with Crippen LogP contribution in [0.15, 0.2) is 78.0 Å². The molecule has 2 heterocycles. The van der Waals surface area contributed by atoms with Gasteiger partial charge in [-0.15, -0.1) is 5.10 Å². The molecule has 1 aromatic heterocycles. The Hall–Kier alpha value is -4.14. The SMILES string of the molecule is Cn1nnnc1SC[C@@H]1C[C@H](c2ccc(CO)cc2)O[C@H](c2cccc(-c3cccc(CNC(=O)CCCC(=O)NO)c3)c2)O1. The van der Waals surface area contributed by atoms with Crippen LogP contribution < -0.4 is 10.8 Å². The van der Waals surface area contributed by atoms with Gasteiger partial charge in [-0.2, -0.15) is 0 Å². The van der Waals surface area contributed by atoms with Crippen molar-refractivity contribution in [3.63, 3.8) is 0 Å². The van der Waals surface area contributed by atoms with Crippen molar-refractivity contribution in [2.45, 2.75) is 62.5 Å². The van der Waals surface area contributed by atoms with Crippen LogP contribution in [-0.4, -0.2) is 54.2 Å². The lowest BCUT2D eigenvalue weighted by atomic mass is 9.99. The van der Waals surface area contributed by atoms with E-state index in [1.54, 1.807) is 17.2 Å². The minimum atomic E-state index is -0.611. The van der Waals surface area contributed by atoms with Gasteiger partial charge in [0.1, 0.15) is 0 Å². The fraction of sp³-hybridized carbons (Fsp3) is 0.344. The van der Waals surface area contributed by atoms with Crippen molar-refractivity contribution >= 4 is 23.6 Å². The van der Waals surface area contributed by atoms with Gasteiger partial charge in [0.2, 0.25) is 17.0 Å². The van der Waals surface area contributed by atoms with Crippen LogP contribution in [0.1, 0.15) is 60.3 Å². The number of aryl methyl sites for hydroxylation is 1. The highest BCUT2D eigenvalue weighted by Crippen LogP contribution is 2.40. The largest absolute Gasteiger partial charge is 0.392 e. The predicted octanol–water partition coefficient (Wildman–Crippen LogP) is 4.00. The average molecular weight is 633 g/mol. The summed E-state index contributed by atoms with van der Waals surface area (Å²) in [6.07, 6.45) is 0.310. The maximum absolute atomic E-state index is 12.2. The Kier molecular flexibility index (Phi) is 11.3. The fourth-order valence-corrected chi connectivity index (χ4v) is 5.88. The normalized spacial score (nSPS) is 18.0. The Morgan fingerprint density at radius 2 is 1.71 bits per heavy atom. The van der Waals surface area contributed by atoms with Crippen LogP contribution in [0.3, 0.4) is 0 Å². The molecular formula is C32H36N6O6S. The summed E-state index contributed by atoms with van der Waals surface area (Å²) in [5, 5.41) is 33.4. The molecule has 12 nitrogen and oxygen atoms in total. The van der Waals surface area contributed by atoms with E-state index in [0.717, 1.165) is 33.4 Å². The lowest BCUT2D eigenvalue weighted by Gasteiger charge is -2.36. The van der Waals surface area contributed by atoms with Gasteiger partial charge in [-0.3, -0.25) is 14.8 Å². The number of thioether (sulfide) groups is 1. The van der Waals surface area contributed by atoms with Gasteiger partial charge in [-0.25, -0.2) is 10.2 Å². The highest BCUT2D eigenvalue weighted by atomic mass is 32.2. The molecule has 0 unspecified atom stereocenters. The quantitative estimate of drug-likeness (QED) is 0.0964. The summed E-state index contributed by atoms with van der Waals surface area (Å²) in [5.74, 6) is -0.0344. The molecule has 4 aromatic rings. The molecule has 13 heteroatoms. The third kappa shape index (κ3) is 8.96. The number of aliphatic hydroxyl groups excluding tert-OH is 1. The number of aromatic nitrogens is 4. The molecule has 0 saturated carbocycles. The number of benzene rings is 3. The second-order valence-electron chi connectivity index (χ2n) is 10.7. The van der Waals surface area contributed by atoms with E-state index in [9.17, 15) is 14.7 Å². The summed E-state index contributed by atoms with van der Waals surface area (Å²) >= 11 is 1.53. The van der Waals surface area contributed by atoms with E-state index in [-0.39, 0.29) is 37.6 Å². The van der Waals surface area contributed by atoms with Gasteiger partial charge < -0.3 is 19.9 Å². The maximum atomic E-state index is 12.2. The fourth-order valence-electron chi connectivity index (χ4n) is 5.01. The molecule has 0 aliphatic carbocycles. The molecule has 1 aliphatic heterocycles. The molecule has 1 aliphatic rings. The molecule has 0 bridgehead atoms. The van der Waals surface area contributed by atoms with Gasteiger partial charge in [-0.05, 0) is 56.8 Å². The van der Waals surface area contributed by atoms with Crippen LogP contribution in [0.4, 0.5) is 0 Å². The van der Waals surface area contributed by atoms with Crippen LogP contribution >= 0.6 is 11.8 Å². The zero-order valence-corrected chi connectivity index (χ0v) is 25.7. The topological polar surface area (TPSA) is 161 Å². The van der Waals surface area contributed by atoms with E-state index in [1.807, 2.05) is 66.7 Å².